The Morgan fingerprint density at radius 1 is 1.00 bits per heavy atom. The van der Waals surface area contributed by atoms with Crippen LogP contribution in [0, 0.1) is 0 Å². The van der Waals surface area contributed by atoms with Crippen LogP contribution in [0.1, 0.15) is 0 Å². The Labute approximate surface area is 130 Å². The molecule has 0 saturated carbocycles. The van der Waals surface area contributed by atoms with Crippen LogP contribution < -0.4 is 9.25 Å². The molecule has 0 amide bonds. The van der Waals surface area contributed by atoms with Crippen molar-refractivity contribution in [2.75, 3.05) is 41.3 Å². The molecule has 0 atom stereocenters. The molecule has 1 aromatic rings. The second-order valence-corrected chi connectivity index (χ2v) is 16.3. The molecule has 0 bridgehead atoms. The van der Waals surface area contributed by atoms with Crippen molar-refractivity contribution in [3.63, 3.8) is 0 Å². The number of hydrogen-bond donors (Lipinski definition) is 0. The molecule has 0 unspecified atom stereocenters. The molecule has 0 aliphatic carbocycles. The molecule has 1 nitrogen and oxygen atoms in total. The van der Waals surface area contributed by atoms with E-state index in [2.05, 4.69) is 49.2 Å². The standard InChI is InChI=1S/C12H16AsCl2NS2/c14-5-7-16(8-6-15)12-3-1-11(2-4-12)13-17-9-10-18-13/h1-4H,5-10H2. The van der Waals surface area contributed by atoms with Crippen LogP contribution in [-0.2, 0) is 0 Å². The van der Waals surface area contributed by atoms with E-state index in [1.54, 1.807) is 4.35 Å². The van der Waals surface area contributed by atoms with Crippen molar-refractivity contribution in [3.8, 4) is 0 Å². The minimum atomic E-state index is -0.830. The van der Waals surface area contributed by atoms with Gasteiger partial charge in [-0.05, 0) is 0 Å². The van der Waals surface area contributed by atoms with Crippen molar-refractivity contribution < 1.29 is 0 Å². The fourth-order valence-corrected chi connectivity index (χ4v) is 16.3. The average Bonchev–Trinajstić information content (AvgIpc) is 2.93. The SMILES string of the molecule is ClCCN(CCCl)c1ccc([As]2SCCS2)cc1. The van der Waals surface area contributed by atoms with Crippen molar-refractivity contribution in [2.45, 2.75) is 0 Å². The molecule has 1 saturated heterocycles. The van der Waals surface area contributed by atoms with Crippen LogP contribution in [0.4, 0.5) is 5.69 Å². The van der Waals surface area contributed by atoms with Gasteiger partial charge in [-0.2, -0.15) is 0 Å². The van der Waals surface area contributed by atoms with E-state index in [0.717, 1.165) is 13.1 Å². The Morgan fingerprint density at radius 2 is 1.56 bits per heavy atom. The molecule has 1 fully saturated rings. The first-order chi connectivity index (χ1) is 8.85. The Bertz CT molecular complexity index is 352. The first-order valence-corrected chi connectivity index (χ1v) is 14.4. The molecule has 1 aromatic carbocycles. The molecular weight excluding hydrogens is 368 g/mol. The third-order valence-electron chi connectivity index (χ3n) is 2.63. The second-order valence-electron chi connectivity index (χ2n) is 3.80. The molecule has 0 aromatic heterocycles. The first kappa shape index (κ1) is 15.3. The van der Waals surface area contributed by atoms with E-state index in [-0.39, 0.29) is 0 Å². The second kappa shape index (κ2) is 8.21. The first-order valence-electron chi connectivity index (χ1n) is 5.88. The number of nitrogens with zero attached hydrogens (tertiary/aromatic N) is 1. The van der Waals surface area contributed by atoms with Crippen LogP contribution in [0.15, 0.2) is 24.3 Å². The Kier molecular flexibility index (Phi) is 6.96. The zero-order valence-corrected chi connectivity index (χ0v) is 15.0. The van der Waals surface area contributed by atoms with E-state index in [1.807, 2.05) is 0 Å². The predicted molar refractivity (Wildman–Crippen MR) is 90.4 cm³/mol. The number of rotatable bonds is 6. The van der Waals surface area contributed by atoms with E-state index in [0.29, 0.717) is 11.8 Å². The van der Waals surface area contributed by atoms with Gasteiger partial charge < -0.3 is 0 Å². The summed E-state index contributed by atoms with van der Waals surface area (Å²) in [5.74, 6) is 3.94. The molecule has 18 heavy (non-hydrogen) atoms. The topological polar surface area (TPSA) is 3.24 Å². The van der Waals surface area contributed by atoms with Crippen LogP contribution in [0.5, 0.6) is 0 Å². The van der Waals surface area contributed by atoms with Gasteiger partial charge in [0.25, 0.3) is 0 Å². The molecule has 1 aliphatic rings. The molecule has 100 valence electrons. The van der Waals surface area contributed by atoms with Crippen LogP contribution in [0.3, 0.4) is 0 Å². The van der Waals surface area contributed by atoms with Gasteiger partial charge >= 0.3 is 131 Å². The Balaban J connectivity index is 2.04. The number of anilines is 1. The van der Waals surface area contributed by atoms with Crippen molar-refractivity contribution in [3.05, 3.63) is 24.3 Å². The third-order valence-corrected chi connectivity index (χ3v) is 16.7. The molecule has 0 spiro atoms. The van der Waals surface area contributed by atoms with Gasteiger partial charge in [0.1, 0.15) is 0 Å². The van der Waals surface area contributed by atoms with E-state index in [4.69, 9.17) is 23.2 Å². The van der Waals surface area contributed by atoms with Crippen LogP contribution >= 0.6 is 43.3 Å². The number of hydrogen-bond acceptors (Lipinski definition) is 3. The van der Waals surface area contributed by atoms with E-state index >= 15 is 0 Å². The summed E-state index contributed by atoms with van der Waals surface area (Å²) >= 11 is 10.8. The molecule has 1 aliphatic heterocycles. The van der Waals surface area contributed by atoms with E-state index < -0.39 is 12.3 Å². The summed E-state index contributed by atoms with van der Waals surface area (Å²) in [5.41, 5.74) is 1.24. The fraction of sp³-hybridized carbons (Fsp3) is 0.500. The van der Waals surface area contributed by atoms with Gasteiger partial charge in [0.2, 0.25) is 0 Å². The normalized spacial score (nSPS) is 16.1. The van der Waals surface area contributed by atoms with Gasteiger partial charge in [0.05, 0.1) is 0 Å². The van der Waals surface area contributed by atoms with Crippen LogP contribution in [0.2, 0.25) is 0 Å². The Hall–Kier alpha value is 0.858. The quantitative estimate of drug-likeness (QED) is 0.548. The summed E-state index contributed by atoms with van der Waals surface area (Å²) < 4.78 is 1.57. The van der Waals surface area contributed by atoms with Gasteiger partial charge in [-0.3, -0.25) is 0 Å². The maximum atomic E-state index is 5.83. The van der Waals surface area contributed by atoms with Gasteiger partial charge in [-0.1, -0.05) is 0 Å². The summed E-state index contributed by atoms with van der Waals surface area (Å²) in [4.78, 5) is 2.25. The number of benzene rings is 1. The summed E-state index contributed by atoms with van der Waals surface area (Å²) in [6.07, 6.45) is 0. The van der Waals surface area contributed by atoms with Crippen molar-refractivity contribution in [1.29, 1.82) is 0 Å². The van der Waals surface area contributed by atoms with Gasteiger partial charge in [0, 0.05) is 0 Å². The maximum absolute atomic E-state index is 5.83. The van der Waals surface area contributed by atoms with E-state index in [9.17, 15) is 0 Å². The van der Waals surface area contributed by atoms with Gasteiger partial charge in [0.15, 0.2) is 0 Å². The summed E-state index contributed by atoms with van der Waals surface area (Å²) in [7, 11) is 4.37. The number of alkyl halides is 2. The molecule has 2 rings (SSSR count). The van der Waals surface area contributed by atoms with Crippen molar-refractivity contribution in [2.24, 2.45) is 0 Å². The number of halogens is 2. The average molecular weight is 384 g/mol. The van der Waals surface area contributed by atoms with E-state index in [1.165, 1.54) is 17.2 Å². The summed E-state index contributed by atoms with van der Waals surface area (Å²) in [6, 6.07) is 9.05. The molecule has 6 heteroatoms. The Morgan fingerprint density at radius 3 is 2.06 bits per heavy atom. The summed E-state index contributed by atoms with van der Waals surface area (Å²) in [5, 5.41) is 0. The molecule has 1 heterocycles. The molecule has 0 radical (unpaired) electrons. The fourth-order valence-electron chi connectivity index (χ4n) is 1.79. The van der Waals surface area contributed by atoms with Gasteiger partial charge in [-0.25, -0.2) is 0 Å². The van der Waals surface area contributed by atoms with Crippen molar-refractivity contribution in [1.82, 2.24) is 0 Å². The zero-order chi connectivity index (χ0) is 12.8. The zero-order valence-electron chi connectivity index (χ0n) is 10.0. The van der Waals surface area contributed by atoms with Crippen LogP contribution in [0.25, 0.3) is 0 Å². The monoisotopic (exact) mass is 383 g/mol. The van der Waals surface area contributed by atoms with Gasteiger partial charge in [-0.15, -0.1) is 0 Å². The molecular formula is C12H16AsCl2NS2. The third kappa shape index (κ3) is 4.18. The predicted octanol–water partition coefficient (Wildman–Crippen LogP) is 3.15. The molecule has 0 N–H and O–H groups in total. The minimum absolute atomic E-state index is 0.641. The summed E-state index contributed by atoms with van der Waals surface area (Å²) in [6.45, 7) is 1.72. The van der Waals surface area contributed by atoms with Crippen molar-refractivity contribution >= 4 is 65.6 Å². The van der Waals surface area contributed by atoms with Crippen LogP contribution in [-0.4, -0.2) is 48.7 Å².